The Balaban J connectivity index is 2.53. The predicted molar refractivity (Wildman–Crippen MR) is 55.9 cm³/mol. The maximum absolute atomic E-state index is 11.0. The Labute approximate surface area is 102 Å². The van der Waals surface area contributed by atoms with Crippen LogP contribution in [0.2, 0.25) is 0 Å². The van der Waals surface area contributed by atoms with Gasteiger partial charge in [0.25, 0.3) is 0 Å². The summed E-state index contributed by atoms with van der Waals surface area (Å²) in [5.74, 6) is -0.609. The van der Waals surface area contributed by atoms with E-state index in [2.05, 4.69) is 9.84 Å². The molecule has 1 heterocycles. The molecule has 1 fully saturated rings. The van der Waals surface area contributed by atoms with Crippen molar-refractivity contribution in [2.24, 2.45) is 5.73 Å². The summed E-state index contributed by atoms with van der Waals surface area (Å²) in [5.41, 5.74) is 5.04. The number of phosphoric acid groups is 1. The minimum atomic E-state index is -4.70. The van der Waals surface area contributed by atoms with Crippen LogP contribution in [0.5, 0.6) is 0 Å². The summed E-state index contributed by atoms with van der Waals surface area (Å²) >= 11 is 0. The largest absolute Gasteiger partial charge is 0.469 e. The van der Waals surface area contributed by atoms with E-state index >= 15 is 0 Å². The fourth-order valence-corrected chi connectivity index (χ4v) is 1.73. The van der Waals surface area contributed by atoms with Gasteiger partial charge in [-0.05, 0) is 0 Å². The topological polar surface area (TPSA) is 172 Å². The van der Waals surface area contributed by atoms with Crippen LogP contribution in [-0.4, -0.2) is 63.6 Å². The van der Waals surface area contributed by atoms with Crippen LogP contribution in [0.4, 0.5) is 0 Å². The van der Waals surface area contributed by atoms with E-state index in [0.29, 0.717) is 0 Å². The molecular weight excluding hydrogens is 271 g/mol. The fourth-order valence-electron chi connectivity index (χ4n) is 1.39. The highest BCUT2D eigenvalue weighted by Gasteiger charge is 2.44. The first-order chi connectivity index (χ1) is 8.24. The highest BCUT2D eigenvalue weighted by atomic mass is 31.2. The monoisotopic (exact) mass is 286 g/mol. The number of amides is 1. The van der Waals surface area contributed by atoms with Crippen molar-refractivity contribution in [2.75, 3.05) is 13.2 Å². The molecule has 0 bridgehead atoms. The maximum Gasteiger partial charge on any atom is 0.469 e. The number of aliphatic hydroxyl groups excluding tert-OH is 2. The van der Waals surface area contributed by atoms with Crippen molar-refractivity contribution in [3.63, 3.8) is 0 Å². The summed E-state index contributed by atoms with van der Waals surface area (Å²) in [6.45, 7) is -0.955. The summed E-state index contributed by atoms with van der Waals surface area (Å²) in [7, 11) is -4.70. The van der Waals surface area contributed by atoms with E-state index in [4.69, 9.17) is 20.3 Å². The molecule has 106 valence electrons. The number of nitrogens with one attached hydrogen (secondary N) is 1. The molecule has 1 amide bonds. The zero-order chi connectivity index (χ0) is 13.9. The summed E-state index contributed by atoms with van der Waals surface area (Å²) < 4.78 is 19.6. The second kappa shape index (κ2) is 6.04. The first-order valence-electron chi connectivity index (χ1n) is 4.95. The zero-order valence-corrected chi connectivity index (χ0v) is 10.1. The van der Waals surface area contributed by atoms with E-state index in [-0.39, 0.29) is 6.54 Å². The van der Waals surface area contributed by atoms with E-state index in [0.717, 1.165) is 0 Å². The van der Waals surface area contributed by atoms with Crippen LogP contribution in [-0.2, 0) is 18.6 Å². The molecule has 0 unspecified atom stereocenters. The predicted octanol–water partition coefficient (Wildman–Crippen LogP) is -3.38. The van der Waals surface area contributed by atoms with Gasteiger partial charge in [0.2, 0.25) is 5.91 Å². The first-order valence-corrected chi connectivity index (χ1v) is 6.48. The normalized spacial score (nSPS) is 32.5. The number of ether oxygens (including phenoxy) is 1. The minimum Gasteiger partial charge on any atom is -0.387 e. The Hall–Kier alpha value is -0.580. The van der Waals surface area contributed by atoms with Crippen LogP contribution in [0.25, 0.3) is 0 Å². The smallest absolute Gasteiger partial charge is 0.387 e. The first kappa shape index (κ1) is 15.5. The Morgan fingerprint density at radius 3 is 2.50 bits per heavy atom. The SMILES string of the molecule is NCC(=O)N[C@@H]1O[C@H](COP(=O)(O)O)[C@H](O)[C@H]1O. The van der Waals surface area contributed by atoms with Crippen molar-refractivity contribution in [2.45, 2.75) is 24.5 Å². The molecule has 18 heavy (non-hydrogen) atoms. The Bertz CT molecular complexity index is 346. The minimum absolute atomic E-state index is 0.327. The number of nitrogens with two attached hydrogens (primary N) is 1. The Morgan fingerprint density at radius 1 is 1.39 bits per heavy atom. The van der Waals surface area contributed by atoms with E-state index in [1.54, 1.807) is 0 Å². The van der Waals surface area contributed by atoms with E-state index < -0.39 is 44.9 Å². The lowest BCUT2D eigenvalue weighted by molar-refractivity contribution is -0.126. The van der Waals surface area contributed by atoms with Gasteiger partial charge >= 0.3 is 7.82 Å². The van der Waals surface area contributed by atoms with Crippen molar-refractivity contribution in [1.29, 1.82) is 0 Å². The number of aliphatic hydroxyl groups is 2. The Morgan fingerprint density at radius 2 is 2.00 bits per heavy atom. The van der Waals surface area contributed by atoms with Crippen molar-refractivity contribution in [3.8, 4) is 0 Å². The molecule has 0 spiro atoms. The molecule has 10 nitrogen and oxygen atoms in total. The molecule has 7 N–H and O–H groups in total. The average molecular weight is 286 g/mol. The van der Waals surface area contributed by atoms with Crippen molar-refractivity contribution in [1.82, 2.24) is 5.32 Å². The quantitative estimate of drug-likeness (QED) is 0.282. The van der Waals surface area contributed by atoms with Gasteiger partial charge < -0.3 is 35.8 Å². The van der Waals surface area contributed by atoms with Gasteiger partial charge in [0.1, 0.15) is 18.3 Å². The van der Waals surface area contributed by atoms with E-state index in [1.807, 2.05) is 0 Å². The highest BCUT2D eigenvalue weighted by Crippen LogP contribution is 2.37. The average Bonchev–Trinajstić information content (AvgIpc) is 2.53. The van der Waals surface area contributed by atoms with Gasteiger partial charge in [-0.2, -0.15) is 0 Å². The molecule has 11 heteroatoms. The van der Waals surface area contributed by atoms with Gasteiger partial charge in [0.05, 0.1) is 13.2 Å². The molecule has 1 rings (SSSR count). The standard InChI is InChI=1S/C7H15N2O8P/c8-1-4(10)9-7-6(12)5(11)3(17-7)2-16-18(13,14)15/h3,5-7,11-12H,1-2,8H2,(H,9,10)(H2,13,14,15)/t3-,5+,6-,7-/m1/s1. The lowest BCUT2D eigenvalue weighted by atomic mass is 10.1. The van der Waals surface area contributed by atoms with Crippen LogP contribution in [0, 0.1) is 0 Å². The van der Waals surface area contributed by atoms with Crippen LogP contribution in [0.15, 0.2) is 0 Å². The number of carbonyl (C=O) groups excluding carboxylic acids is 1. The molecule has 0 aliphatic carbocycles. The summed E-state index contributed by atoms with van der Waals surface area (Å²) in [4.78, 5) is 27.9. The summed E-state index contributed by atoms with van der Waals surface area (Å²) in [5, 5.41) is 21.2. The molecule has 0 aromatic carbocycles. The van der Waals surface area contributed by atoms with Gasteiger partial charge in [0, 0.05) is 0 Å². The number of rotatable bonds is 5. The molecule has 0 radical (unpaired) electrons. The fraction of sp³-hybridized carbons (Fsp3) is 0.857. The van der Waals surface area contributed by atoms with Crippen molar-refractivity contribution in [3.05, 3.63) is 0 Å². The van der Waals surface area contributed by atoms with Crippen LogP contribution in [0.1, 0.15) is 0 Å². The molecule has 0 saturated carbocycles. The number of carbonyl (C=O) groups is 1. The number of phosphoric ester groups is 1. The van der Waals surface area contributed by atoms with Crippen molar-refractivity contribution < 1.29 is 38.6 Å². The third kappa shape index (κ3) is 4.26. The molecule has 0 aromatic rings. The van der Waals surface area contributed by atoms with E-state index in [1.165, 1.54) is 0 Å². The molecule has 1 aliphatic heterocycles. The van der Waals surface area contributed by atoms with Crippen LogP contribution < -0.4 is 11.1 Å². The number of hydrogen-bond donors (Lipinski definition) is 6. The Kier molecular flexibility index (Phi) is 5.20. The van der Waals surface area contributed by atoms with Crippen LogP contribution in [0.3, 0.4) is 0 Å². The van der Waals surface area contributed by atoms with Gasteiger partial charge in [0.15, 0.2) is 6.23 Å². The highest BCUT2D eigenvalue weighted by molar-refractivity contribution is 7.46. The second-order valence-corrected chi connectivity index (χ2v) is 4.87. The summed E-state index contributed by atoms with van der Waals surface area (Å²) in [6, 6.07) is 0. The van der Waals surface area contributed by atoms with E-state index in [9.17, 15) is 19.6 Å². The van der Waals surface area contributed by atoms with Gasteiger partial charge in [-0.25, -0.2) is 4.57 Å². The zero-order valence-electron chi connectivity index (χ0n) is 9.17. The van der Waals surface area contributed by atoms with Crippen LogP contribution >= 0.6 is 7.82 Å². The van der Waals surface area contributed by atoms with Gasteiger partial charge in [-0.1, -0.05) is 0 Å². The molecule has 1 aliphatic rings. The van der Waals surface area contributed by atoms with Gasteiger partial charge in [-0.3, -0.25) is 9.32 Å². The lowest BCUT2D eigenvalue weighted by Crippen LogP contribution is -2.45. The van der Waals surface area contributed by atoms with Crippen molar-refractivity contribution >= 4 is 13.7 Å². The lowest BCUT2D eigenvalue weighted by Gasteiger charge is -2.15. The summed E-state index contributed by atoms with van der Waals surface area (Å²) in [6.07, 6.45) is -5.26. The third-order valence-corrected chi connectivity index (χ3v) is 2.74. The molecule has 4 atom stereocenters. The third-order valence-electron chi connectivity index (χ3n) is 2.26. The molecule has 0 aromatic heterocycles. The second-order valence-electron chi connectivity index (χ2n) is 3.63. The maximum atomic E-state index is 11.0. The molecular formula is C7H15N2O8P. The molecule has 1 saturated heterocycles. The van der Waals surface area contributed by atoms with Gasteiger partial charge in [-0.15, -0.1) is 0 Å². The number of hydrogen-bond acceptors (Lipinski definition) is 7.